The van der Waals surface area contributed by atoms with Crippen LogP contribution in [0, 0.1) is 5.82 Å². The number of benzene rings is 1. The standard InChI is InChI=1S/C11H14BrFN2O2S/c1-8-7-15(6-5-14-8)18(16,17)11-9(12)3-2-4-10(11)13/h2-4,8,14H,5-7H2,1H3/t8-/m1/s1. The van der Waals surface area contributed by atoms with Gasteiger partial charge in [-0.25, -0.2) is 12.8 Å². The molecule has 0 saturated carbocycles. The molecule has 4 nitrogen and oxygen atoms in total. The van der Waals surface area contributed by atoms with Gasteiger partial charge in [0, 0.05) is 30.1 Å². The number of sulfonamides is 1. The molecule has 7 heteroatoms. The maximum atomic E-state index is 13.7. The van der Waals surface area contributed by atoms with Crippen molar-refractivity contribution in [1.82, 2.24) is 9.62 Å². The molecule has 1 fully saturated rings. The van der Waals surface area contributed by atoms with E-state index in [2.05, 4.69) is 21.2 Å². The van der Waals surface area contributed by atoms with Crippen molar-refractivity contribution in [3.05, 3.63) is 28.5 Å². The number of hydrogen-bond acceptors (Lipinski definition) is 3. The first-order valence-corrected chi connectivity index (χ1v) is 7.84. The summed E-state index contributed by atoms with van der Waals surface area (Å²) in [7, 11) is -3.78. The molecule has 0 radical (unpaired) electrons. The van der Waals surface area contributed by atoms with E-state index in [9.17, 15) is 12.8 Å². The monoisotopic (exact) mass is 336 g/mol. The molecule has 0 spiro atoms. The van der Waals surface area contributed by atoms with E-state index in [4.69, 9.17) is 0 Å². The number of halogens is 2. The minimum absolute atomic E-state index is 0.0686. The molecule has 1 aromatic rings. The molecule has 1 N–H and O–H groups in total. The van der Waals surface area contributed by atoms with Crippen LogP contribution in [0.1, 0.15) is 6.92 Å². The Morgan fingerprint density at radius 1 is 1.50 bits per heavy atom. The molecule has 100 valence electrons. The lowest BCUT2D eigenvalue weighted by molar-refractivity contribution is 0.309. The third-order valence-corrected chi connectivity index (χ3v) is 5.71. The van der Waals surface area contributed by atoms with Crippen molar-refractivity contribution in [2.45, 2.75) is 17.9 Å². The van der Waals surface area contributed by atoms with Gasteiger partial charge in [0.25, 0.3) is 0 Å². The van der Waals surface area contributed by atoms with E-state index >= 15 is 0 Å². The highest BCUT2D eigenvalue weighted by atomic mass is 79.9. The van der Waals surface area contributed by atoms with Gasteiger partial charge in [0.15, 0.2) is 0 Å². The first-order valence-electron chi connectivity index (χ1n) is 5.60. The summed E-state index contributed by atoms with van der Waals surface area (Å²) >= 11 is 3.10. The van der Waals surface area contributed by atoms with Crippen molar-refractivity contribution >= 4 is 26.0 Å². The molecule has 1 atom stereocenters. The number of hydrogen-bond donors (Lipinski definition) is 1. The topological polar surface area (TPSA) is 49.4 Å². The van der Waals surface area contributed by atoms with E-state index < -0.39 is 15.8 Å². The molecular weight excluding hydrogens is 323 g/mol. The van der Waals surface area contributed by atoms with Gasteiger partial charge in [0.05, 0.1) is 0 Å². The predicted octanol–water partition coefficient (Wildman–Crippen LogP) is 1.57. The molecule has 0 amide bonds. The fourth-order valence-corrected chi connectivity index (χ4v) is 4.57. The van der Waals surface area contributed by atoms with E-state index in [0.717, 1.165) is 6.07 Å². The summed E-state index contributed by atoms with van der Waals surface area (Å²) in [6.07, 6.45) is 0. The average molecular weight is 337 g/mol. The Kier molecular flexibility index (Phi) is 4.05. The van der Waals surface area contributed by atoms with Gasteiger partial charge in [0.2, 0.25) is 10.0 Å². The quantitative estimate of drug-likeness (QED) is 0.891. The molecule has 1 saturated heterocycles. The lowest BCUT2D eigenvalue weighted by atomic mass is 10.3. The average Bonchev–Trinajstić information content (AvgIpc) is 2.28. The number of piperazine rings is 1. The molecule has 1 aromatic carbocycles. The summed E-state index contributed by atoms with van der Waals surface area (Å²) in [5.74, 6) is -0.726. The fraction of sp³-hybridized carbons (Fsp3) is 0.455. The van der Waals surface area contributed by atoms with Gasteiger partial charge < -0.3 is 5.32 Å². The van der Waals surface area contributed by atoms with Crippen LogP contribution < -0.4 is 5.32 Å². The number of rotatable bonds is 2. The normalized spacial score (nSPS) is 22.1. The molecular formula is C11H14BrFN2O2S. The van der Waals surface area contributed by atoms with Crippen LogP contribution in [0.15, 0.2) is 27.6 Å². The molecule has 0 aliphatic carbocycles. The van der Waals surface area contributed by atoms with Crippen molar-refractivity contribution in [1.29, 1.82) is 0 Å². The Morgan fingerprint density at radius 2 is 2.22 bits per heavy atom. The van der Waals surface area contributed by atoms with Crippen LogP contribution in [0.4, 0.5) is 4.39 Å². The highest BCUT2D eigenvalue weighted by Crippen LogP contribution is 2.28. The Hall–Kier alpha value is -0.500. The van der Waals surface area contributed by atoms with Gasteiger partial charge in [-0.3, -0.25) is 0 Å². The van der Waals surface area contributed by atoms with Gasteiger partial charge >= 0.3 is 0 Å². The third-order valence-electron chi connectivity index (χ3n) is 2.85. The van der Waals surface area contributed by atoms with Gasteiger partial charge in [0.1, 0.15) is 10.7 Å². The van der Waals surface area contributed by atoms with Crippen LogP contribution >= 0.6 is 15.9 Å². The summed E-state index contributed by atoms with van der Waals surface area (Å²) in [4.78, 5) is -0.279. The molecule has 1 aliphatic rings. The first kappa shape index (κ1) is 13.9. The molecule has 0 bridgehead atoms. The predicted molar refractivity (Wildman–Crippen MR) is 70.3 cm³/mol. The van der Waals surface area contributed by atoms with Crippen LogP contribution in [0.25, 0.3) is 0 Å². The van der Waals surface area contributed by atoms with Crippen LogP contribution in [0.5, 0.6) is 0 Å². The zero-order valence-electron chi connectivity index (χ0n) is 9.86. The van der Waals surface area contributed by atoms with Crippen molar-refractivity contribution in [2.24, 2.45) is 0 Å². The Bertz CT molecular complexity index is 530. The van der Waals surface area contributed by atoms with Crippen LogP contribution in [0.3, 0.4) is 0 Å². The summed E-state index contributed by atoms with van der Waals surface area (Å²) in [5, 5.41) is 3.15. The van der Waals surface area contributed by atoms with Crippen molar-refractivity contribution < 1.29 is 12.8 Å². The number of nitrogens with one attached hydrogen (secondary N) is 1. The second-order valence-corrected chi connectivity index (χ2v) is 7.00. The molecule has 0 unspecified atom stereocenters. The van der Waals surface area contributed by atoms with Crippen molar-refractivity contribution in [3.8, 4) is 0 Å². The third kappa shape index (κ3) is 2.59. The lowest BCUT2D eigenvalue weighted by Crippen LogP contribution is -2.51. The first-order chi connectivity index (χ1) is 8.43. The van der Waals surface area contributed by atoms with Gasteiger partial charge in [-0.05, 0) is 35.0 Å². The summed E-state index contributed by atoms with van der Waals surface area (Å²) < 4.78 is 40.1. The smallest absolute Gasteiger partial charge is 0.247 e. The Balaban J connectivity index is 2.42. The van der Waals surface area contributed by atoms with Gasteiger partial charge in [-0.15, -0.1) is 0 Å². The zero-order valence-corrected chi connectivity index (χ0v) is 12.3. The van der Waals surface area contributed by atoms with Crippen molar-refractivity contribution in [3.63, 3.8) is 0 Å². The fourth-order valence-electron chi connectivity index (χ4n) is 1.97. The van der Waals surface area contributed by atoms with E-state index in [0.29, 0.717) is 19.6 Å². The van der Waals surface area contributed by atoms with Crippen molar-refractivity contribution in [2.75, 3.05) is 19.6 Å². The highest BCUT2D eigenvalue weighted by molar-refractivity contribution is 9.10. The Labute approximate surface area is 114 Å². The lowest BCUT2D eigenvalue weighted by Gasteiger charge is -2.31. The minimum atomic E-state index is -3.78. The molecule has 0 aromatic heterocycles. The molecule has 1 heterocycles. The molecule has 1 aliphatic heterocycles. The summed E-state index contributed by atoms with van der Waals surface area (Å²) in [6, 6.07) is 4.23. The van der Waals surface area contributed by atoms with E-state index in [1.165, 1.54) is 16.4 Å². The van der Waals surface area contributed by atoms with Gasteiger partial charge in [-0.1, -0.05) is 6.07 Å². The SMILES string of the molecule is C[C@@H]1CN(S(=O)(=O)c2c(F)cccc2Br)CCN1. The van der Waals surface area contributed by atoms with Crippen LogP contribution in [-0.2, 0) is 10.0 Å². The molecule has 18 heavy (non-hydrogen) atoms. The van der Waals surface area contributed by atoms with E-state index in [1.54, 1.807) is 0 Å². The van der Waals surface area contributed by atoms with E-state index in [1.807, 2.05) is 6.92 Å². The maximum Gasteiger partial charge on any atom is 0.247 e. The number of nitrogens with zero attached hydrogens (tertiary/aromatic N) is 1. The second kappa shape index (κ2) is 5.24. The second-order valence-electron chi connectivity index (χ2n) is 4.27. The molecule has 2 rings (SSSR count). The maximum absolute atomic E-state index is 13.7. The van der Waals surface area contributed by atoms with Crippen LogP contribution in [-0.4, -0.2) is 38.4 Å². The summed E-state index contributed by atoms with van der Waals surface area (Å²) in [5.41, 5.74) is 0. The summed E-state index contributed by atoms with van der Waals surface area (Å²) in [6.45, 7) is 3.18. The highest BCUT2D eigenvalue weighted by Gasteiger charge is 2.32. The van der Waals surface area contributed by atoms with E-state index in [-0.39, 0.29) is 15.4 Å². The largest absolute Gasteiger partial charge is 0.312 e. The Morgan fingerprint density at radius 3 is 2.83 bits per heavy atom. The van der Waals surface area contributed by atoms with Crippen LogP contribution in [0.2, 0.25) is 0 Å². The minimum Gasteiger partial charge on any atom is -0.312 e. The van der Waals surface area contributed by atoms with Gasteiger partial charge in [-0.2, -0.15) is 4.31 Å². The zero-order chi connectivity index (χ0) is 13.3.